The summed E-state index contributed by atoms with van der Waals surface area (Å²) in [6.45, 7) is 0.909. The van der Waals surface area contributed by atoms with Crippen LogP contribution in [0.25, 0.3) is 0 Å². The first kappa shape index (κ1) is 9.88. The summed E-state index contributed by atoms with van der Waals surface area (Å²) in [4.78, 5) is 14.2. The van der Waals surface area contributed by atoms with Gasteiger partial charge in [-0.15, -0.1) is 0 Å². The summed E-state index contributed by atoms with van der Waals surface area (Å²) in [7, 11) is 0. The van der Waals surface area contributed by atoms with Crippen molar-refractivity contribution >= 4 is 11.6 Å². The number of fused-ring (bicyclic) bond motifs is 1. The predicted octanol–water partition coefficient (Wildman–Crippen LogP) is 2.77. The number of aryl methyl sites for hydroxylation is 1. The Labute approximate surface area is 96.3 Å². The van der Waals surface area contributed by atoms with Crippen molar-refractivity contribution in [3.05, 3.63) is 29.8 Å². The summed E-state index contributed by atoms with van der Waals surface area (Å²) in [6, 6.07) is 8.37. The van der Waals surface area contributed by atoms with Crippen molar-refractivity contribution in [1.82, 2.24) is 0 Å². The number of benzene rings is 1. The van der Waals surface area contributed by atoms with E-state index in [9.17, 15) is 4.79 Å². The fourth-order valence-electron chi connectivity index (χ4n) is 2.47. The molecule has 1 aliphatic carbocycles. The van der Waals surface area contributed by atoms with E-state index in [0.717, 1.165) is 37.9 Å². The molecule has 1 amide bonds. The van der Waals surface area contributed by atoms with Gasteiger partial charge in [0.05, 0.1) is 0 Å². The van der Waals surface area contributed by atoms with Gasteiger partial charge in [-0.3, -0.25) is 4.79 Å². The molecule has 0 saturated heterocycles. The quantitative estimate of drug-likeness (QED) is 0.705. The number of carbonyl (C=O) groups excluding carboxylic acids is 1. The molecule has 2 heteroatoms. The second kappa shape index (κ2) is 3.93. The predicted molar refractivity (Wildman–Crippen MR) is 64.5 cm³/mol. The standard InChI is InChI=1S/C14H17NO/c16-14(12-8-9-12)15-10-4-3-6-11-5-1-2-7-13(11)15/h1-2,5,7,12H,3-4,6,8-10H2. The average Bonchev–Trinajstić information content (AvgIpc) is 3.15. The smallest absolute Gasteiger partial charge is 0.230 e. The van der Waals surface area contributed by atoms with E-state index in [0.29, 0.717) is 11.8 Å². The summed E-state index contributed by atoms with van der Waals surface area (Å²) in [6.07, 6.45) is 5.64. The van der Waals surface area contributed by atoms with Gasteiger partial charge in [-0.05, 0) is 43.7 Å². The van der Waals surface area contributed by atoms with Crippen molar-refractivity contribution < 1.29 is 4.79 Å². The van der Waals surface area contributed by atoms with Gasteiger partial charge in [-0.1, -0.05) is 18.2 Å². The van der Waals surface area contributed by atoms with Crippen LogP contribution >= 0.6 is 0 Å². The van der Waals surface area contributed by atoms with Crippen LogP contribution in [0.15, 0.2) is 24.3 Å². The number of para-hydroxylation sites is 1. The lowest BCUT2D eigenvalue weighted by Gasteiger charge is -2.22. The van der Waals surface area contributed by atoms with Gasteiger partial charge < -0.3 is 4.90 Å². The monoisotopic (exact) mass is 215 g/mol. The molecule has 1 heterocycles. The van der Waals surface area contributed by atoms with Crippen LogP contribution in [0.5, 0.6) is 0 Å². The molecular formula is C14H17NO. The Bertz CT molecular complexity index is 409. The molecule has 0 bridgehead atoms. The molecule has 1 fully saturated rings. The maximum absolute atomic E-state index is 12.2. The molecule has 0 radical (unpaired) electrons. The lowest BCUT2D eigenvalue weighted by Crippen LogP contribution is -2.32. The van der Waals surface area contributed by atoms with E-state index in [1.54, 1.807) is 0 Å². The van der Waals surface area contributed by atoms with Crippen LogP contribution < -0.4 is 4.90 Å². The third kappa shape index (κ3) is 1.73. The SMILES string of the molecule is O=C(C1CC1)N1CCCCc2ccccc21. The van der Waals surface area contributed by atoms with Crippen molar-refractivity contribution in [2.45, 2.75) is 32.1 Å². The van der Waals surface area contributed by atoms with Crippen LogP contribution in [0.1, 0.15) is 31.2 Å². The Morgan fingerprint density at radius 3 is 2.81 bits per heavy atom. The van der Waals surface area contributed by atoms with Crippen molar-refractivity contribution in [1.29, 1.82) is 0 Å². The van der Waals surface area contributed by atoms with Crippen LogP contribution in [-0.4, -0.2) is 12.5 Å². The Morgan fingerprint density at radius 2 is 2.00 bits per heavy atom. The van der Waals surface area contributed by atoms with Crippen molar-refractivity contribution in [3.63, 3.8) is 0 Å². The van der Waals surface area contributed by atoms with Gasteiger partial charge in [0.2, 0.25) is 5.91 Å². The zero-order chi connectivity index (χ0) is 11.0. The van der Waals surface area contributed by atoms with Crippen LogP contribution in [0, 0.1) is 5.92 Å². The second-order valence-electron chi connectivity index (χ2n) is 4.85. The summed E-state index contributed by atoms with van der Waals surface area (Å²) in [5.41, 5.74) is 2.51. The van der Waals surface area contributed by atoms with Gasteiger partial charge in [0.15, 0.2) is 0 Å². The third-order valence-corrected chi connectivity index (χ3v) is 3.55. The molecule has 0 unspecified atom stereocenters. The molecule has 2 nitrogen and oxygen atoms in total. The van der Waals surface area contributed by atoms with Gasteiger partial charge in [-0.25, -0.2) is 0 Å². The molecule has 0 atom stereocenters. The maximum Gasteiger partial charge on any atom is 0.230 e. The molecule has 0 spiro atoms. The molecule has 1 aliphatic heterocycles. The first-order valence-corrected chi connectivity index (χ1v) is 6.25. The molecule has 0 aromatic heterocycles. The topological polar surface area (TPSA) is 20.3 Å². The Hall–Kier alpha value is -1.31. The normalized spacial score (nSPS) is 20.1. The third-order valence-electron chi connectivity index (χ3n) is 3.55. The number of amides is 1. The summed E-state index contributed by atoms with van der Waals surface area (Å²) in [5.74, 6) is 0.681. The van der Waals surface area contributed by atoms with Crippen LogP contribution in [0.2, 0.25) is 0 Å². The van der Waals surface area contributed by atoms with Crippen LogP contribution in [-0.2, 0) is 11.2 Å². The second-order valence-corrected chi connectivity index (χ2v) is 4.85. The fraction of sp³-hybridized carbons (Fsp3) is 0.500. The van der Waals surface area contributed by atoms with E-state index in [1.807, 2.05) is 11.0 Å². The largest absolute Gasteiger partial charge is 0.312 e. The highest BCUT2D eigenvalue weighted by molar-refractivity contribution is 5.97. The number of anilines is 1. The Morgan fingerprint density at radius 1 is 1.19 bits per heavy atom. The minimum absolute atomic E-state index is 0.325. The van der Waals surface area contributed by atoms with E-state index in [1.165, 1.54) is 12.0 Å². The molecule has 1 aromatic carbocycles. The molecule has 0 N–H and O–H groups in total. The van der Waals surface area contributed by atoms with Gasteiger partial charge in [0.25, 0.3) is 0 Å². The maximum atomic E-state index is 12.2. The Balaban J connectivity index is 1.95. The van der Waals surface area contributed by atoms with Crippen molar-refractivity contribution in [2.24, 2.45) is 5.92 Å². The van der Waals surface area contributed by atoms with Gasteiger partial charge in [0.1, 0.15) is 0 Å². The zero-order valence-electron chi connectivity index (χ0n) is 9.48. The highest BCUT2D eigenvalue weighted by Crippen LogP contribution is 2.35. The Kier molecular flexibility index (Phi) is 2.43. The van der Waals surface area contributed by atoms with Crippen LogP contribution in [0.4, 0.5) is 5.69 Å². The van der Waals surface area contributed by atoms with Gasteiger partial charge in [-0.2, -0.15) is 0 Å². The van der Waals surface area contributed by atoms with E-state index in [2.05, 4.69) is 18.2 Å². The lowest BCUT2D eigenvalue weighted by atomic mass is 10.1. The lowest BCUT2D eigenvalue weighted by molar-refractivity contribution is -0.119. The van der Waals surface area contributed by atoms with Gasteiger partial charge in [0, 0.05) is 18.2 Å². The highest BCUT2D eigenvalue weighted by atomic mass is 16.2. The summed E-state index contributed by atoms with van der Waals surface area (Å²) in [5, 5.41) is 0. The molecule has 2 aliphatic rings. The molecular weight excluding hydrogens is 198 g/mol. The van der Waals surface area contributed by atoms with E-state index < -0.39 is 0 Å². The first-order valence-electron chi connectivity index (χ1n) is 6.25. The first-order chi connectivity index (χ1) is 7.86. The highest BCUT2D eigenvalue weighted by Gasteiger charge is 2.34. The molecule has 1 saturated carbocycles. The molecule has 16 heavy (non-hydrogen) atoms. The van der Waals surface area contributed by atoms with Crippen molar-refractivity contribution in [3.8, 4) is 0 Å². The number of carbonyl (C=O) groups is 1. The van der Waals surface area contributed by atoms with E-state index in [-0.39, 0.29) is 0 Å². The van der Waals surface area contributed by atoms with Crippen molar-refractivity contribution in [2.75, 3.05) is 11.4 Å². The number of nitrogens with zero attached hydrogens (tertiary/aromatic N) is 1. The van der Waals surface area contributed by atoms with Gasteiger partial charge >= 0.3 is 0 Å². The number of hydrogen-bond donors (Lipinski definition) is 0. The van der Waals surface area contributed by atoms with Crippen LogP contribution in [0.3, 0.4) is 0 Å². The van der Waals surface area contributed by atoms with E-state index >= 15 is 0 Å². The fourth-order valence-corrected chi connectivity index (χ4v) is 2.47. The molecule has 3 rings (SSSR count). The number of rotatable bonds is 1. The summed E-state index contributed by atoms with van der Waals surface area (Å²) >= 11 is 0. The molecule has 84 valence electrons. The minimum Gasteiger partial charge on any atom is -0.312 e. The zero-order valence-corrected chi connectivity index (χ0v) is 9.48. The average molecular weight is 215 g/mol. The molecule has 1 aromatic rings. The summed E-state index contributed by atoms with van der Waals surface area (Å²) < 4.78 is 0. The minimum atomic E-state index is 0.325. The van der Waals surface area contributed by atoms with E-state index in [4.69, 9.17) is 0 Å². The number of hydrogen-bond acceptors (Lipinski definition) is 1.